The topological polar surface area (TPSA) is 72.4 Å². The van der Waals surface area contributed by atoms with E-state index in [1.54, 1.807) is 0 Å². The Morgan fingerprint density at radius 2 is 2.05 bits per heavy atom. The molecular formula is C15H22FN3O2. The van der Waals surface area contributed by atoms with E-state index in [2.05, 4.69) is 0 Å². The zero-order valence-corrected chi connectivity index (χ0v) is 12.3. The maximum absolute atomic E-state index is 13.6. The molecule has 1 fully saturated rings. The Kier molecular flexibility index (Phi) is 5.12. The third kappa shape index (κ3) is 3.69. The standard InChI is InChI=1S/C15H22FN3O2/c1-2-9-18(13-6-4-12(17)5-7-13)15-10-11(16)3-8-14(15)19(20)21/h3,8,10,12-13H,2,4-7,9,17H2,1H3. The molecule has 1 aliphatic carbocycles. The van der Waals surface area contributed by atoms with Gasteiger partial charge in [0.25, 0.3) is 5.69 Å². The van der Waals surface area contributed by atoms with Gasteiger partial charge in [0, 0.05) is 30.8 Å². The van der Waals surface area contributed by atoms with Crippen LogP contribution in [0.4, 0.5) is 15.8 Å². The lowest BCUT2D eigenvalue weighted by Crippen LogP contribution is -2.41. The van der Waals surface area contributed by atoms with Gasteiger partial charge in [-0.2, -0.15) is 0 Å². The molecule has 6 heteroatoms. The van der Waals surface area contributed by atoms with Crippen LogP contribution in [0.25, 0.3) is 0 Å². The smallest absolute Gasteiger partial charge is 0.292 e. The van der Waals surface area contributed by atoms with Crippen LogP contribution in [0.2, 0.25) is 0 Å². The lowest BCUT2D eigenvalue weighted by molar-refractivity contribution is -0.384. The van der Waals surface area contributed by atoms with Crippen molar-refractivity contribution in [1.82, 2.24) is 0 Å². The molecule has 0 saturated heterocycles. The first-order valence-electron chi connectivity index (χ1n) is 7.49. The molecule has 1 aliphatic rings. The fourth-order valence-corrected chi connectivity index (χ4v) is 3.03. The lowest BCUT2D eigenvalue weighted by atomic mass is 9.90. The zero-order chi connectivity index (χ0) is 15.4. The van der Waals surface area contributed by atoms with Crippen molar-refractivity contribution in [2.75, 3.05) is 11.4 Å². The Morgan fingerprint density at radius 3 is 2.62 bits per heavy atom. The molecular weight excluding hydrogens is 273 g/mol. The quantitative estimate of drug-likeness (QED) is 0.668. The molecule has 2 rings (SSSR count). The third-order valence-corrected chi connectivity index (χ3v) is 4.09. The maximum atomic E-state index is 13.6. The second kappa shape index (κ2) is 6.85. The fourth-order valence-electron chi connectivity index (χ4n) is 3.03. The summed E-state index contributed by atoms with van der Waals surface area (Å²) >= 11 is 0. The lowest BCUT2D eigenvalue weighted by Gasteiger charge is -2.37. The molecule has 21 heavy (non-hydrogen) atoms. The first-order valence-corrected chi connectivity index (χ1v) is 7.49. The Hall–Kier alpha value is -1.69. The van der Waals surface area contributed by atoms with Gasteiger partial charge < -0.3 is 10.6 Å². The summed E-state index contributed by atoms with van der Waals surface area (Å²) in [5, 5.41) is 11.2. The van der Waals surface area contributed by atoms with E-state index in [4.69, 9.17) is 5.73 Å². The number of rotatable bonds is 5. The fraction of sp³-hybridized carbons (Fsp3) is 0.600. The Bertz CT molecular complexity index is 502. The average Bonchev–Trinajstić information content (AvgIpc) is 2.45. The van der Waals surface area contributed by atoms with Crippen molar-refractivity contribution in [3.8, 4) is 0 Å². The summed E-state index contributed by atoms with van der Waals surface area (Å²) in [6.07, 6.45) is 4.47. The number of hydrogen-bond donors (Lipinski definition) is 1. The van der Waals surface area contributed by atoms with Gasteiger partial charge in [-0.05, 0) is 38.2 Å². The second-order valence-electron chi connectivity index (χ2n) is 5.65. The normalized spacial score (nSPS) is 22.0. The molecule has 2 N–H and O–H groups in total. The number of nitrogens with zero attached hydrogens (tertiary/aromatic N) is 2. The monoisotopic (exact) mass is 295 g/mol. The minimum atomic E-state index is -0.441. The molecule has 0 aliphatic heterocycles. The van der Waals surface area contributed by atoms with Gasteiger partial charge in [-0.25, -0.2) is 4.39 Å². The predicted molar refractivity (Wildman–Crippen MR) is 80.9 cm³/mol. The van der Waals surface area contributed by atoms with E-state index < -0.39 is 10.7 Å². The first-order chi connectivity index (χ1) is 10.0. The van der Waals surface area contributed by atoms with Gasteiger partial charge in [-0.1, -0.05) is 6.92 Å². The molecule has 0 heterocycles. The highest BCUT2D eigenvalue weighted by Gasteiger charge is 2.28. The van der Waals surface area contributed by atoms with Crippen LogP contribution in [0.1, 0.15) is 39.0 Å². The largest absolute Gasteiger partial charge is 0.363 e. The number of benzene rings is 1. The van der Waals surface area contributed by atoms with Crippen LogP contribution in [0.3, 0.4) is 0 Å². The highest BCUT2D eigenvalue weighted by atomic mass is 19.1. The van der Waals surface area contributed by atoms with Gasteiger partial charge in [0.2, 0.25) is 0 Å². The van der Waals surface area contributed by atoms with Gasteiger partial charge >= 0.3 is 0 Å². The van der Waals surface area contributed by atoms with Crippen LogP contribution in [-0.2, 0) is 0 Å². The number of nitro groups is 1. The van der Waals surface area contributed by atoms with Crippen LogP contribution in [0.5, 0.6) is 0 Å². The maximum Gasteiger partial charge on any atom is 0.292 e. The summed E-state index contributed by atoms with van der Waals surface area (Å²) in [5.41, 5.74) is 6.29. The molecule has 0 amide bonds. The Morgan fingerprint density at radius 1 is 1.38 bits per heavy atom. The van der Waals surface area contributed by atoms with E-state index in [1.165, 1.54) is 12.1 Å². The Labute approximate surface area is 124 Å². The highest BCUT2D eigenvalue weighted by Crippen LogP contribution is 2.34. The molecule has 0 bridgehead atoms. The molecule has 0 aromatic heterocycles. The second-order valence-corrected chi connectivity index (χ2v) is 5.65. The van der Waals surface area contributed by atoms with E-state index in [1.807, 2.05) is 11.8 Å². The number of nitrogens with two attached hydrogens (primary N) is 1. The van der Waals surface area contributed by atoms with Gasteiger partial charge in [-0.3, -0.25) is 10.1 Å². The van der Waals surface area contributed by atoms with Crippen LogP contribution in [0.15, 0.2) is 18.2 Å². The molecule has 1 aromatic carbocycles. The summed E-state index contributed by atoms with van der Waals surface area (Å²) in [6.45, 7) is 2.71. The van der Waals surface area contributed by atoms with Crippen LogP contribution < -0.4 is 10.6 Å². The molecule has 0 unspecified atom stereocenters. The third-order valence-electron chi connectivity index (χ3n) is 4.09. The molecule has 5 nitrogen and oxygen atoms in total. The zero-order valence-electron chi connectivity index (χ0n) is 12.3. The molecule has 1 saturated carbocycles. The summed E-state index contributed by atoms with van der Waals surface area (Å²) in [6, 6.07) is 4.09. The first kappa shape index (κ1) is 15.7. The summed E-state index contributed by atoms with van der Waals surface area (Å²) < 4.78 is 13.6. The van der Waals surface area contributed by atoms with Crippen molar-refractivity contribution in [1.29, 1.82) is 0 Å². The SMILES string of the molecule is CCCN(c1cc(F)ccc1[N+](=O)[O-])C1CCC(N)CC1. The minimum absolute atomic E-state index is 0.0280. The van der Waals surface area contributed by atoms with Gasteiger partial charge in [0.15, 0.2) is 0 Å². The van der Waals surface area contributed by atoms with E-state index in [9.17, 15) is 14.5 Å². The van der Waals surface area contributed by atoms with Gasteiger partial charge in [0.1, 0.15) is 11.5 Å². The molecule has 0 atom stereocenters. The van der Waals surface area contributed by atoms with Crippen molar-refractivity contribution < 1.29 is 9.31 Å². The summed E-state index contributed by atoms with van der Waals surface area (Å²) in [4.78, 5) is 12.8. The van der Waals surface area contributed by atoms with Crippen molar-refractivity contribution in [3.05, 3.63) is 34.1 Å². The Balaban J connectivity index is 2.33. The number of halogens is 1. The summed E-state index contributed by atoms with van der Waals surface area (Å²) in [5.74, 6) is -0.441. The van der Waals surface area contributed by atoms with Crippen molar-refractivity contribution in [2.45, 2.75) is 51.1 Å². The van der Waals surface area contributed by atoms with Crippen molar-refractivity contribution >= 4 is 11.4 Å². The number of nitro benzene ring substituents is 1. The number of anilines is 1. The van der Waals surface area contributed by atoms with E-state index in [0.29, 0.717) is 12.2 Å². The van der Waals surface area contributed by atoms with E-state index >= 15 is 0 Å². The van der Waals surface area contributed by atoms with Crippen LogP contribution in [0, 0.1) is 15.9 Å². The van der Waals surface area contributed by atoms with Gasteiger partial charge in [-0.15, -0.1) is 0 Å². The summed E-state index contributed by atoms with van der Waals surface area (Å²) in [7, 11) is 0. The van der Waals surface area contributed by atoms with Crippen LogP contribution in [-0.4, -0.2) is 23.6 Å². The molecule has 0 spiro atoms. The highest BCUT2D eigenvalue weighted by molar-refractivity contribution is 5.64. The van der Waals surface area contributed by atoms with Gasteiger partial charge in [0.05, 0.1) is 4.92 Å². The van der Waals surface area contributed by atoms with Crippen molar-refractivity contribution in [3.63, 3.8) is 0 Å². The van der Waals surface area contributed by atoms with Crippen molar-refractivity contribution in [2.24, 2.45) is 5.73 Å². The molecule has 1 aromatic rings. The van der Waals surface area contributed by atoms with Crippen LogP contribution >= 0.6 is 0 Å². The molecule has 116 valence electrons. The van der Waals surface area contributed by atoms with E-state index in [0.717, 1.165) is 38.2 Å². The number of hydrogen-bond acceptors (Lipinski definition) is 4. The molecule has 0 radical (unpaired) electrons. The minimum Gasteiger partial charge on any atom is -0.363 e. The average molecular weight is 295 g/mol. The van der Waals surface area contributed by atoms with E-state index in [-0.39, 0.29) is 17.8 Å². The predicted octanol–water partition coefficient (Wildman–Crippen LogP) is 3.22.